The fourth-order valence-corrected chi connectivity index (χ4v) is 4.14. The first-order chi connectivity index (χ1) is 14.6. The SMILES string of the molecule is COCCCCc1[nH]nnc1C(=O)N(c1ccccc1CC(C)C)[C@H]1CCCNC1.Cl. The summed E-state index contributed by atoms with van der Waals surface area (Å²) in [5.41, 5.74) is 3.46. The second-order valence-corrected chi connectivity index (χ2v) is 8.49. The number of nitrogens with zero attached hydrogens (tertiary/aromatic N) is 3. The van der Waals surface area contributed by atoms with Gasteiger partial charge in [-0.15, -0.1) is 17.5 Å². The van der Waals surface area contributed by atoms with Gasteiger partial charge in [0.25, 0.3) is 5.91 Å². The number of anilines is 1. The number of aromatic nitrogens is 3. The highest BCUT2D eigenvalue weighted by atomic mass is 35.5. The molecule has 1 fully saturated rings. The van der Waals surface area contributed by atoms with Gasteiger partial charge in [0.1, 0.15) is 0 Å². The highest BCUT2D eigenvalue weighted by molar-refractivity contribution is 6.06. The van der Waals surface area contributed by atoms with Crippen LogP contribution in [0.2, 0.25) is 0 Å². The molecule has 8 heteroatoms. The fourth-order valence-electron chi connectivity index (χ4n) is 4.14. The number of carbonyl (C=O) groups is 1. The van der Waals surface area contributed by atoms with Gasteiger partial charge in [-0.25, -0.2) is 0 Å². The molecule has 1 amide bonds. The number of benzene rings is 1. The molecular formula is C23H36ClN5O2. The number of aryl methyl sites for hydroxylation is 1. The van der Waals surface area contributed by atoms with Gasteiger partial charge in [0.2, 0.25) is 0 Å². The van der Waals surface area contributed by atoms with Crippen LogP contribution in [-0.4, -0.2) is 54.2 Å². The predicted octanol–water partition coefficient (Wildman–Crippen LogP) is 3.79. The van der Waals surface area contributed by atoms with E-state index in [4.69, 9.17) is 4.74 Å². The van der Waals surface area contributed by atoms with Crippen LogP contribution in [0.5, 0.6) is 0 Å². The summed E-state index contributed by atoms with van der Waals surface area (Å²) >= 11 is 0. The maximum Gasteiger partial charge on any atom is 0.281 e. The van der Waals surface area contributed by atoms with Crippen molar-refractivity contribution in [2.24, 2.45) is 5.92 Å². The largest absolute Gasteiger partial charge is 0.385 e. The van der Waals surface area contributed by atoms with E-state index in [1.165, 1.54) is 5.56 Å². The smallest absolute Gasteiger partial charge is 0.281 e. The lowest BCUT2D eigenvalue weighted by molar-refractivity contribution is 0.0966. The number of amides is 1. The van der Waals surface area contributed by atoms with Crippen molar-refractivity contribution >= 4 is 24.0 Å². The zero-order chi connectivity index (χ0) is 21.3. The van der Waals surface area contributed by atoms with Crippen molar-refractivity contribution in [2.45, 2.75) is 58.4 Å². The Hall–Kier alpha value is -1.96. The first-order valence-electron chi connectivity index (χ1n) is 11.1. The summed E-state index contributed by atoms with van der Waals surface area (Å²) in [6.45, 7) is 6.93. The van der Waals surface area contributed by atoms with E-state index in [9.17, 15) is 4.79 Å². The van der Waals surface area contributed by atoms with Gasteiger partial charge in [-0.2, -0.15) is 0 Å². The lowest BCUT2D eigenvalue weighted by atomic mass is 9.97. The molecule has 0 spiro atoms. The highest BCUT2D eigenvalue weighted by Crippen LogP contribution is 2.29. The Kier molecular flexibility index (Phi) is 10.4. The molecule has 2 aromatic rings. The van der Waals surface area contributed by atoms with Crippen molar-refractivity contribution in [3.63, 3.8) is 0 Å². The number of aromatic amines is 1. The Balaban J connectivity index is 0.00000341. The molecule has 172 valence electrons. The first-order valence-corrected chi connectivity index (χ1v) is 11.1. The molecule has 1 aromatic heterocycles. The molecule has 0 unspecified atom stereocenters. The van der Waals surface area contributed by atoms with E-state index in [2.05, 4.69) is 52.8 Å². The zero-order valence-electron chi connectivity index (χ0n) is 18.9. The first kappa shape index (κ1) is 25.3. The van der Waals surface area contributed by atoms with Gasteiger partial charge in [0.05, 0.1) is 5.69 Å². The number of unbranched alkanes of at least 4 members (excludes halogenated alkanes) is 1. The van der Waals surface area contributed by atoms with E-state index >= 15 is 0 Å². The van der Waals surface area contributed by atoms with E-state index in [1.54, 1.807) is 7.11 Å². The van der Waals surface area contributed by atoms with Crippen LogP contribution in [0.25, 0.3) is 0 Å². The maximum absolute atomic E-state index is 13.8. The minimum absolute atomic E-state index is 0. The number of halogens is 1. The normalized spacial score (nSPS) is 16.2. The van der Waals surface area contributed by atoms with Crippen LogP contribution in [0.15, 0.2) is 24.3 Å². The van der Waals surface area contributed by atoms with Gasteiger partial charge >= 0.3 is 0 Å². The van der Waals surface area contributed by atoms with Crippen LogP contribution in [0.4, 0.5) is 5.69 Å². The van der Waals surface area contributed by atoms with E-state index in [1.807, 2.05) is 11.0 Å². The summed E-state index contributed by atoms with van der Waals surface area (Å²) in [5.74, 6) is 0.450. The van der Waals surface area contributed by atoms with Gasteiger partial charge in [-0.1, -0.05) is 37.3 Å². The average Bonchev–Trinajstić information content (AvgIpc) is 3.21. The molecule has 1 atom stereocenters. The molecule has 1 aliphatic heterocycles. The minimum Gasteiger partial charge on any atom is -0.385 e. The Labute approximate surface area is 191 Å². The van der Waals surface area contributed by atoms with Crippen LogP contribution in [0.1, 0.15) is 61.3 Å². The average molecular weight is 450 g/mol. The second-order valence-electron chi connectivity index (χ2n) is 8.49. The number of hydrogen-bond donors (Lipinski definition) is 2. The van der Waals surface area contributed by atoms with Gasteiger partial charge in [0.15, 0.2) is 5.69 Å². The molecule has 0 bridgehead atoms. The number of methoxy groups -OCH3 is 1. The van der Waals surface area contributed by atoms with E-state index in [0.29, 0.717) is 18.2 Å². The molecule has 1 aromatic carbocycles. The topological polar surface area (TPSA) is 83.1 Å². The number of ether oxygens (including phenoxy) is 1. The van der Waals surface area contributed by atoms with Crippen LogP contribution in [0.3, 0.4) is 0 Å². The van der Waals surface area contributed by atoms with Crippen LogP contribution < -0.4 is 10.2 Å². The molecule has 0 saturated carbocycles. The lowest BCUT2D eigenvalue weighted by Gasteiger charge is -2.36. The van der Waals surface area contributed by atoms with Gasteiger partial charge < -0.3 is 15.0 Å². The fraction of sp³-hybridized carbons (Fsp3) is 0.609. The van der Waals surface area contributed by atoms with E-state index in [-0.39, 0.29) is 24.4 Å². The zero-order valence-corrected chi connectivity index (χ0v) is 19.7. The van der Waals surface area contributed by atoms with Gasteiger partial charge in [-0.3, -0.25) is 9.89 Å². The minimum atomic E-state index is -0.0598. The number of rotatable bonds is 10. The van der Waals surface area contributed by atoms with Crippen molar-refractivity contribution in [2.75, 3.05) is 31.7 Å². The molecule has 1 aliphatic rings. The van der Waals surface area contributed by atoms with Crippen molar-refractivity contribution in [1.29, 1.82) is 0 Å². The second kappa shape index (κ2) is 12.8. The van der Waals surface area contributed by atoms with Crippen molar-refractivity contribution < 1.29 is 9.53 Å². The number of piperidine rings is 1. The molecule has 3 rings (SSSR count). The third kappa shape index (κ3) is 6.76. The molecule has 7 nitrogen and oxygen atoms in total. The molecule has 2 heterocycles. The summed E-state index contributed by atoms with van der Waals surface area (Å²) in [5, 5.41) is 14.6. The summed E-state index contributed by atoms with van der Waals surface area (Å²) < 4.78 is 5.14. The maximum atomic E-state index is 13.8. The standard InChI is InChI=1S/C23H35N5O2.ClH/c1-17(2)15-18-9-4-5-12-21(18)28(19-10-8-13-24-16-19)23(29)22-20(25-27-26-22)11-6-7-14-30-3;/h4-5,9,12,17,19,24H,6-8,10-11,13-16H2,1-3H3,(H,25,26,27);1H/t19-;/m0./s1. The quantitative estimate of drug-likeness (QED) is 0.539. The molecular weight excluding hydrogens is 414 g/mol. The Bertz CT molecular complexity index is 805. The summed E-state index contributed by atoms with van der Waals surface area (Å²) in [4.78, 5) is 15.8. The molecule has 31 heavy (non-hydrogen) atoms. The summed E-state index contributed by atoms with van der Waals surface area (Å²) in [6.07, 6.45) is 5.58. The molecule has 1 saturated heterocycles. The summed E-state index contributed by atoms with van der Waals surface area (Å²) in [6, 6.07) is 8.39. The van der Waals surface area contributed by atoms with E-state index < -0.39 is 0 Å². The highest BCUT2D eigenvalue weighted by Gasteiger charge is 2.32. The monoisotopic (exact) mass is 449 g/mol. The Morgan fingerprint density at radius 3 is 2.81 bits per heavy atom. The number of hydrogen-bond acceptors (Lipinski definition) is 5. The van der Waals surface area contributed by atoms with Crippen molar-refractivity contribution in [3.05, 3.63) is 41.2 Å². The lowest BCUT2D eigenvalue weighted by Crippen LogP contribution is -2.49. The summed E-state index contributed by atoms with van der Waals surface area (Å²) in [7, 11) is 1.71. The third-order valence-corrected chi connectivity index (χ3v) is 5.58. The Morgan fingerprint density at radius 2 is 2.10 bits per heavy atom. The van der Waals surface area contributed by atoms with Gasteiger partial charge in [0, 0.05) is 32.0 Å². The predicted molar refractivity (Wildman–Crippen MR) is 126 cm³/mol. The van der Waals surface area contributed by atoms with Crippen LogP contribution in [0, 0.1) is 5.92 Å². The van der Waals surface area contributed by atoms with Crippen molar-refractivity contribution in [1.82, 2.24) is 20.7 Å². The number of H-pyrrole nitrogens is 1. The number of nitrogens with one attached hydrogen (secondary N) is 2. The number of carbonyl (C=O) groups excluding carboxylic acids is 1. The van der Waals surface area contributed by atoms with Crippen LogP contribution in [-0.2, 0) is 17.6 Å². The van der Waals surface area contributed by atoms with Gasteiger partial charge in [-0.05, 0) is 62.6 Å². The molecule has 2 N–H and O–H groups in total. The number of para-hydroxylation sites is 1. The Morgan fingerprint density at radius 1 is 1.29 bits per heavy atom. The van der Waals surface area contributed by atoms with E-state index in [0.717, 1.165) is 63.0 Å². The van der Waals surface area contributed by atoms with Crippen LogP contribution >= 0.6 is 12.4 Å². The van der Waals surface area contributed by atoms with Crippen molar-refractivity contribution in [3.8, 4) is 0 Å². The molecule has 0 radical (unpaired) electrons. The molecule has 0 aliphatic carbocycles. The third-order valence-electron chi connectivity index (χ3n) is 5.58.